The van der Waals surface area contributed by atoms with E-state index in [1.54, 1.807) is 13.3 Å². The monoisotopic (exact) mass is 614 g/mol. The molecule has 2 aromatic rings. The Morgan fingerprint density at radius 3 is 2.64 bits per heavy atom. The molecule has 0 radical (unpaired) electrons. The summed E-state index contributed by atoms with van der Waals surface area (Å²) in [5.41, 5.74) is 4.26. The third-order valence-corrected chi connectivity index (χ3v) is 8.11. The fraction of sp³-hybridized carbons (Fsp3) is 0.441. The molecule has 45 heavy (non-hydrogen) atoms. The summed E-state index contributed by atoms with van der Waals surface area (Å²) < 4.78 is 5.63. The van der Waals surface area contributed by atoms with Gasteiger partial charge in [-0.25, -0.2) is 9.98 Å². The lowest BCUT2D eigenvalue weighted by atomic mass is 10.0. The van der Waals surface area contributed by atoms with Crippen molar-refractivity contribution in [2.24, 2.45) is 10.9 Å². The molecule has 2 aliphatic heterocycles. The number of amides is 2. The average Bonchev–Trinajstić information content (AvgIpc) is 3.07. The van der Waals surface area contributed by atoms with Crippen LogP contribution in [0.2, 0.25) is 0 Å². The highest BCUT2D eigenvalue weighted by Gasteiger charge is 2.19. The number of nitrogens with zero attached hydrogens (tertiary/aromatic N) is 6. The number of ether oxygens (including phenoxy) is 1. The van der Waals surface area contributed by atoms with E-state index in [1.165, 1.54) is 12.5 Å². The number of aromatic nitrogens is 2. The Labute approximate surface area is 266 Å². The molecule has 1 aromatic heterocycles. The van der Waals surface area contributed by atoms with Gasteiger partial charge in [-0.15, -0.1) is 0 Å². The molecule has 1 atom stereocenters. The summed E-state index contributed by atoms with van der Waals surface area (Å²) in [7, 11) is 3.78. The molecule has 2 N–H and O–H groups in total. The predicted octanol–water partition coefficient (Wildman–Crippen LogP) is 5.35. The van der Waals surface area contributed by atoms with Gasteiger partial charge in [-0.1, -0.05) is 31.7 Å². The minimum absolute atomic E-state index is 0.0801. The van der Waals surface area contributed by atoms with E-state index in [0.29, 0.717) is 35.5 Å². The molecule has 11 nitrogen and oxygen atoms in total. The van der Waals surface area contributed by atoms with Gasteiger partial charge in [-0.3, -0.25) is 9.59 Å². The van der Waals surface area contributed by atoms with Crippen molar-refractivity contribution in [3.05, 3.63) is 60.9 Å². The van der Waals surface area contributed by atoms with Gasteiger partial charge in [0.05, 0.1) is 19.0 Å². The van der Waals surface area contributed by atoms with Crippen LogP contribution in [0, 0.1) is 5.92 Å². The Morgan fingerprint density at radius 2 is 1.98 bits per heavy atom. The number of piperidine rings is 1. The predicted molar refractivity (Wildman–Crippen MR) is 182 cm³/mol. The number of nitrogens with one attached hydrogen (secondary N) is 2. The van der Waals surface area contributed by atoms with Crippen LogP contribution in [0.4, 0.5) is 28.8 Å². The minimum Gasteiger partial charge on any atom is -0.494 e. The van der Waals surface area contributed by atoms with Gasteiger partial charge >= 0.3 is 0 Å². The lowest BCUT2D eigenvalue weighted by molar-refractivity contribution is -0.127. The van der Waals surface area contributed by atoms with Gasteiger partial charge in [0.25, 0.3) is 0 Å². The van der Waals surface area contributed by atoms with E-state index in [0.717, 1.165) is 81.2 Å². The van der Waals surface area contributed by atoms with E-state index < -0.39 is 0 Å². The van der Waals surface area contributed by atoms with Crippen LogP contribution in [-0.4, -0.2) is 91.2 Å². The van der Waals surface area contributed by atoms with Crippen molar-refractivity contribution in [3.8, 4) is 5.75 Å². The van der Waals surface area contributed by atoms with E-state index >= 15 is 0 Å². The zero-order valence-corrected chi connectivity index (χ0v) is 27.0. The molecule has 2 fully saturated rings. The Morgan fingerprint density at radius 1 is 1.18 bits per heavy atom. The first-order valence-electron chi connectivity index (χ1n) is 15.6. The van der Waals surface area contributed by atoms with Gasteiger partial charge < -0.3 is 30.1 Å². The van der Waals surface area contributed by atoms with E-state index in [4.69, 9.17) is 4.74 Å². The van der Waals surface area contributed by atoms with Crippen LogP contribution >= 0.6 is 0 Å². The number of piperazine rings is 1. The lowest BCUT2D eigenvalue weighted by Crippen LogP contribution is -2.44. The molecule has 3 heterocycles. The first-order valence-corrected chi connectivity index (χ1v) is 15.6. The first kappa shape index (κ1) is 33.4. The van der Waals surface area contributed by atoms with E-state index in [9.17, 15) is 9.59 Å². The number of methoxy groups -OCH3 is 1. The molecule has 240 valence electrons. The van der Waals surface area contributed by atoms with Crippen molar-refractivity contribution in [1.82, 2.24) is 19.8 Å². The summed E-state index contributed by atoms with van der Waals surface area (Å²) in [6.45, 7) is 13.4. The summed E-state index contributed by atoms with van der Waals surface area (Å²) in [6, 6.07) is 6.04. The largest absolute Gasteiger partial charge is 0.494 e. The number of benzene rings is 1. The summed E-state index contributed by atoms with van der Waals surface area (Å²) in [5, 5.41) is 5.84. The Balaban J connectivity index is 0.000000354. The van der Waals surface area contributed by atoms with Crippen LogP contribution in [0.15, 0.2) is 65.8 Å². The van der Waals surface area contributed by atoms with E-state index in [1.807, 2.05) is 24.0 Å². The molecule has 0 saturated carbocycles. The molecule has 0 bridgehead atoms. The highest BCUT2D eigenvalue weighted by Crippen LogP contribution is 2.33. The number of carbonyl (C=O) groups excluding carboxylic acids is 2. The Bertz CT molecular complexity index is 1430. The van der Waals surface area contributed by atoms with Crippen LogP contribution in [0.3, 0.4) is 0 Å². The van der Waals surface area contributed by atoms with Gasteiger partial charge in [0.15, 0.2) is 5.82 Å². The number of allylic oxidation sites excluding steroid dienone is 4. The molecular formula is C34H46N8O3. The van der Waals surface area contributed by atoms with Crippen molar-refractivity contribution in [2.45, 2.75) is 39.5 Å². The number of rotatable bonds is 9. The quantitative estimate of drug-likeness (QED) is 0.221. The van der Waals surface area contributed by atoms with Crippen molar-refractivity contribution in [2.75, 3.05) is 69.0 Å². The molecule has 5 rings (SSSR count). The maximum absolute atomic E-state index is 11.2. The van der Waals surface area contributed by atoms with Crippen LogP contribution in [0.5, 0.6) is 5.75 Å². The molecule has 3 aliphatic rings. The van der Waals surface area contributed by atoms with Gasteiger partial charge in [0, 0.05) is 56.7 Å². The van der Waals surface area contributed by atoms with E-state index in [-0.39, 0.29) is 5.91 Å². The number of carbonyl (C=O) groups is 2. The summed E-state index contributed by atoms with van der Waals surface area (Å²) in [6.07, 6.45) is 14.4. The van der Waals surface area contributed by atoms with Crippen LogP contribution < -0.4 is 20.3 Å². The van der Waals surface area contributed by atoms with Crippen LogP contribution in [-0.2, 0) is 9.59 Å². The highest BCUT2D eigenvalue weighted by molar-refractivity contribution is 6.03. The summed E-state index contributed by atoms with van der Waals surface area (Å²) in [5.74, 6) is 2.10. The maximum Gasteiger partial charge on any atom is 0.245 e. The first-order chi connectivity index (χ1) is 21.8. The fourth-order valence-electron chi connectivity index (χ4n) is 5.49. The number of likely N-dealkylation sites (tertiary alicyclic amines) is 1. The van der Waals surface area contributed by atoms with Crippen molar-refractivity contribution < 1.29 is 14.3 Å². The minimum atomic E-state index is 0.0801. The molecule has 11 heteroatoms. The highest BCUT2D eigenvalue weighted by atomic mass is 16.5. The average molecular weight is 615 g/mol. The third kappa shape index (κ3) is 9.49. The Hall–Kier alpha value is -4.51. The van der Waals surface area contributed by atoms with Gasteiger partial charge in [0.2, 0.25) is 18.3 Å². The molecule has 1 aromatic carbocycles. The summed E-state index contributed by atoms with van der Waals surface area (Å²) in [4.78, 5) is 42.4. The van der Waals surface area contributed by atoms with Crippen LogP contribution in [0.25, 0.3) is 0 Å². The summed E-state index contributed by atoms with van der Waals surface area (Å²) >= 11 is 0. The molecule has 0 spiro atoms. The van der Waals surface area contributed by atoms with E-state index in [2.05, 4.69) is 80.2 Å². The number of hydrogen-bond acceptors (Lipinski definition) is 9. The smallest absolute Gasteiger partial charge is 0.245 e. The zero-order chi connectivity index (χ0) is 32.2. The maximum atomic E-state index is 11.2. The topological polar surface area (TPSA) is 115 Å². The fourth-order valence-corrected chi connectivity index (χ4v) is 5.49. The van der Waals surface area contributed by atoms with Crippen molar-refractivity contribution >= 4 is 46.9 Å². The van der Waals surface area contributed by atoms with Crippen molar-refractivity contribution in [1.29, 1.82) is 0 Å². The Kier molecular flexibility index (Phi) is 12.3. The lowest BCUT2D eigenvalue weighted by Gasteiger charge is -2.34. The molecule has 1 aliphatic carbocycles. The third-order valence-electron chi connectivity index (χ3n) is 8.11. The second-order valence-corrected chi connectivity index (χ2v) is 11.6. The molecule has 2 saturated heterocycles. The van der Waals surface area contributed by atoms with Gasteiger partial charge in [-0.2, -0.15) is 4.98 Å². The van der Waals surface area contributed by atoms with Crippen LogP contribution in [0.1, 0.15) is 39.5 Å². The SMILES string of the molecule is C=CC(=O)N1CCC[C@@H](C)C1.COc1cc(N2CCN(C)CC2)ccc1Nc1ncc(N=C(C)C2=CCCC=C2)c(NC=O)n1. The number of hydrogen-bond donors (Lipinski definition) is 2. The molecule has 0 unspecified atom stereocenters. The number of likely N-dealkylation sites (N-methyl/N-ethyl adjacent to an activating group) is 1. The second-order valence-electron chi connectivity index (χ2n) is 11.6. The number of anilines is 4. The van der Waals surface area contributed by atoms with Gasteiger partial charge in [-0.05, 0) is 69.4 Å². The normalized spacial score (nSPS) is 18.7. The standard InChI is InChI=1S/C25H31N7O2.C9H15NO/c1-18(19-7-5-4-6-8-19)28-22-16-26-25(30-24(22)27-17-33)29-21-10-9-20(15-23(21)34-3)32-13-11-31(2)12-14-32;1-3-9(11)10-6-4-5-8(2)7-10/h5,7-10,15-17H,4,6,11-14H2,1-3H3,(H2,26,27,29,30,33);3,8H,1,4-7H2,2H3/t;8-/m.1/s1. The second kappa shape index (κ2) is 16.5. The zero-order valence-electron chi connectivity index (χ0n) is 27.0. The molecule has 2 amide bonds. The van der Waals surface area contributed by atoms with Gasteiger partial charge in [0.1, 0.15) is 11.4 Å². The molecular weight excluding hydrogens is 568 g/mol. The number of aliphatic imine (C=N–C) groups is 1. The van der Waals surface area contributed by atoms with Crippen molar-refractivity contribution in [3.63, 3.8) is 0 Å².